The molecule has 2 aliphatic heterocycles. The average Bonchev–Trinajstić information content (AvgIpc) is 3.27. The van der Waals surface area contributed by atoms with Crippen LogP contribution in [0, 0.1) is 13.1 Å². The van der Waals surface area contributed by atoms with Crippen molar-refractivity contribution in [3.8, 4) is 0 Å². The Labute approximate surface area is 413 Å². The Morgan fingerprint density at radius 1 is 0.903 bits per heavy atom. The van der Waals surface area contributed by atoms with Crippen LogP contribution in [0.25, 0.3) is 33.2 Å². The van der Waals surface area contributed by atoms with Gasteiger partial charge in [0.2, 0.25) is 0 Å². The Morgan fingerprint density at radius 3 is 2.35 bits per heavy atom. The number of pyridine rings is 3. The molecule has 1 atom stereocenters. The molecule has 1 aromatic carbocycles. The van der Waals surface area contributed by atoms with Crippen molar-refractivity contribution in [2.24, 2.45) is 4.99 Å². The molecule has 0 saturated heterocycles. The monoisotopic (exact) mass is 854 g/mol. The van der Waals surface area contributed by atoms with E-state index < -0.39 is 0 Å². The molecule has 5 heterocycles. The summed E-state index contributed by atoms with van der Waals surface area (Å²) in [5.41, 5.74) is 10.5. The first-order chi connectivity index (χ1) is 29.8. The minimum Gasteiger partial charge on any atom is -0.683 e. The minimum absolute atomic E-state index is 0. The van der Waals surface area contributed by atoms with Gasteiger partial charge in [-0.05, 0) is 82.9 Å². The van der Waals surface area contributed by atoms with Gasteiger partial charge in [-0.15, -0.1) is 12.6 Å². The zero-order chi connectivity index (χ0) is 42.8. The average molecular weight is 855 g/mol. The number of likely N-dealkylation sites (N-methyl/N-ethyl adjacent to an activating group) is 1. The van der Waals surface area contributed by atoms with E-state index in [1.807, 2.05) is 31.3 Å². The third-order valence-electron chi connectivity index (χ3n) is 10.9. The molecule has 10 nitrogen and oxygen atoms in total. The molecular weight excluding hydrogens is 792 g/mol. The number of hydrogen-bond donors (Lipinski definition) is 2. The molecular formula is C51H63KN10-2. The van der Waals surface area contributed by atoms with Crippen molar-refractivity contribution in [3.63, 3.8) is 0 Å². The van der Waals surface area contributed by atoms with Crippen LogP contribution in [0.15, 0.2) is 126 Å². The van der Waals surface area contributed by atoms with Gasteiger partial charge in [-0.25, -0.2) is 17.1 Å². The van der Waals surface area contributed by atoms with Crippen LogP contribution < -0.4 is 62.0 Å². The van der Waals surface area contributed by atoms with Gasteiger partial charge in [-0.1, -0.05) is 79.3 Å². The molecule has 0 saturated carbocycles. The Hall–Kier alpha value is -3.88. The SMILES string of the molecule is C=C/C=C\C(CN(CCCCCN(C)Cc1ccc2ccc3ccc(C[N-]C[CH2-])nc3c2n1)C/C1=C/C=C(C)/C=C\c2ccc(CN(C)CC3C=CC=[C-]N3)nc2CN1)=NC.[K+]. The summed E-state index contributed by atoms with van der Waals surface area (Å²) in [6.45, 7) is 17.5. The number of unbranched alkanes of at least 4 members (excludes halogenated alkanes) is 2. The zero-order valence-corrected chi connectivity index (χ0v) is 40.8. The summed E-state index contributed by atoms with van der Waals surface area (Å²) in [5, 5.41) is 13.7. The van der Waals surface area contributed by atoms with Crippen molar-refractivity contribution in [3.05, 3.63) is 168 Å². The molecule has 6 rings (SSSR count). The fraction of sp³-hybridized carbons (Fsp3) is 0.353. The number of aromatic nitrogens is 3. The van der Waals surface area contributed by atoms with Gasteiger partial charge in [-0.2, -0.15) is 6.20 Å². The van der Waals surface area contributed by atoms with Crippen molar-refractivity contribution >= 4 is 33.6 Å². The fourth-order valence-electron chi connectivity index (χ4n) is 7.57. The van der Waals surface area contributed by atoms with E-state index in [9.17, 15) is 0 Å². The van der Waals surface area contributed by atoms with Crippen LogP contribution in [0.3, 0.4) is 0 Å². The van der Waals surface area contributed by atoms with Gasteiger partial charge in [0.05, 0.1) is 34.7 Å². The van der Waals surface area contributed by atoms with Crippen LogP contribution in [-0.2, 0) is 26.2 Å². The molecule has 320 valence electrons. The predicted molar refractivity (Wildman–Crippen MR) is 256 cm³/mol. The molecule has 62 heavy (non-hydrogen) atoms. The second-order valence-corrected chi connectivity index (χ2v) is 16.0. The van der Waals surface area contributed by atoms with Gasteiger partial charge in [0.1, 0.15) is 0 Å². The molecule has 4 aromatic rings. The van der Waals surface area contributed by atoms with E-state index >= 15 is 0 Å². The van der Waals surface area contributed by atoms with Crippen molar-refractivity contribution < 1.29 is 51.4 Å². The Morgan fingerprint density at radius 2 is 1.61 bits per heavy atom. The second kappa shape index (κ2) is 26.0. The quantitative estimate of drug-likeness (QED) is 0.0282. The van der Waals surface area contributed by atoms with Gasteiger partial charge in [0.25, 0.3) is 0 Å². The summed E-state index contributed by atoms with van der Waals surface area (Å²) in [5.74, 6) is 0. The molecule has 0 bridgehead atoms. The maximum absolute atomic E-state index is 5.17. The third kappa shape index (κ3) is 15.4. The summed E-state index contributed by atoms with van der Waals surface area (Å²) < 4.78 is 0. The van der Waals surface area contributed by atoms with Crippen LogP contribution >= 0.6 is 0 Å². The van der Waals surface area contributed by atoms with Crippen molar-refractivity contribution in [1.82, 2.24) is 40.3 Å². The van der Waals surface area contributed by atoms with Crippen LogP contribution in [0.2, 0.25) is 0 Å². The van der Waals surface area contributed by atoms with E-state index in [4.69, 9.17) is 15.0 Å². The first-order valence-corrected chi connectivity index (χ1v) is 21.5. The summed E-state index contributed by atoms with van der Waals surface area (Å²) in [6.07, 6.45) is 27.1. The first kappa shape index (κ1) is 49.1. The van der Waals surface area contributed by atoms with Gasteiger partial charge in [-0.3, -0.25) is 31.3 Å². The number of aliphatic imine (C=N–C) groups is 1. The number of nitrogens with zero attached hydrogens (tertiary/aromatic N) is 8. The molecule has 2 N–H and O–H groups in total. The summed E-state index contributed by atoms with van der Waals surface area (Å²) >= 11 is 0. The molecule has 11 heteroatoms. The molecule has 1 unspecified atom stereocenters. The van der Waals surface area contributed by atoms with E-state index in [1.165, 1.54) is 5.57 Å². The topological polar surface area (TPSA) is 98.9 Å². The number of allylic oxidation sites excluding steroid dienone is 8. The number of dihydropyridines is 1. The Bertz CT molecular complexity index is 2300. The molecule has 0 amide bonds. The number of benzene rings is 1. The standard InChI is InChI=1S/C51H63N10.K/c1-7-9-15-44(52-4)37-61(31-14-10-13-30-59(5)35-48-28-24-42-21-20-41-23-26-43(32-53-8-2)57-50(41)51(42)58-48)38-46-25-18-39(3)17-19-40-22-27-47(56-49(40)33-55-46)36-60(6)34-45-16-11-12-29-54-45;/h7,9,11-12,15-28,45,54-55H,1-2,8,10,13-14,30-38H2,3-6H3;/q-3;+1/b15-9-,19-17-,39-18+,46-25-,52-44?;. The van der Waals surface area contributed by atoms with E-state index in [0.29, 0.717) is 19.6 Å². The molecule has 0 spiro atoms. The predicted octanol–water partition coefficient (Wildman–Crippen LogP) is 5.53. The number of hydrogen-bond acceptors (Lipinski definition) is 9. The second-order valence-electron chi connectivity index (χ2n) is 16.0. The molecule has 0 radical (unpaired) electrons. The van der Waals surface area contributed by atoms with Gasteiger partial charge < -0.3 is 27.8 Å². The third-order valence-corrected chi connectivity index (χ3v) is 10.9. The summed E-state index contributed by atoms with van der Waals surface area (Å²) in [6, 6.07) is 17.3. The maximum Gasteiger partial charge on any atom is 1.00 e. The van der Waals surface area contributed by atoms with Crippen LogP contribution in [0.4, 0.5) is 0 Å². The Balaban J connectivity index is 0.00000726. The molecule has 2 aliphatic rings. The number of rotatable bonds is 21. The first-order valence-electron chi connectivity index (χ1n) is 21.5. The van der Waals surface area contributed by atoms with Gasteiger partial charge >= 0.3 is 51.4 Å². The zero-order valence-electron chi connectivity index (χ0n) is 37.7. The van der Waals surface area contributed by atoms with Crippen molar-refractivity contribution in [2.75, 3.05) is 60.4 Å². The largest absolute Gasteiger partial charge is 1.00 e. The Kier molecular flexibility index (Phi) is 20.6. The van der Waals surface area contributed by atoms with Crippen LogP contribution in [0.5, 0.6) is 0 Å². The number of nitrogens with one attached hydrogen (secondary N) is 2. The van der Waals surface area contributed by atoms with Crippen LogP contribution in [-0.4, -0.2) is 102 Å². The molecule has 0 aliphatic carbocycles. The summed E-state index contributed by atoms with van der Waals surface area (Å²) in [7, 11) is 6.20. The van der Waals surface area contributed by atoms with E-state index in [-0.39, 0.29) is 57.4 Å². The van der Waals surface area contributed by atoms with Crippen LogP contribution in [0.1, 0.15) is 54.5 Å². The maximum atomic E-state index is 5.17. The normalized spacial score (nSPS) is 17.7. The summed E-state index contributed by atoms with van der Waals surface area (Å²) in [4.78, 5) is 27.0. The van der Waals surface area contributed by atoms with Gasteiger partial charge in [0, 0.05) is 73.7 Å². The smallest absolute Gasteiger partial charge is 0.683 e. The molecule has 0 fully saturated rings. The minimum atomic E-state index is 0. The van der Waals surface area contributed by atoms with E-state index in [2.05, 4.69) is 155 Å². The van der Waals surface area contributed by atoms with Crippen molar-refractivity contribution in [1.29, 1.82) is 0 Å². The van der Waals surface area contributed by atoms with Gasteiger partial charge in [0.15, 0.2) is 0 Å². The molecule has 3 aromatic heterocycles. The fourth-order valence-corrected chi connectivity index (χ4v) is 7.57. The number of fused-ring (bicyclic) bond motifs is 4. The van der Waals surface area contributed by atoms with E-state index in [0.717, 1.165) is 127 Å². The van der Waals surface area contributed by atoms with E-state index in [1.54, 1.807) is 6.08 Å². The van der Waals surface area contributed by atoms with Crippen molar-refractivity contribution in [2.45, 2.75) is 58.4 Å².